The average Bonchev–Trinajstić information content (AvgIpc) is 2.57. The molecule has 2 N–H and O–H groups in total. The number of oxazole rings is 1. The number of aryl methyl sites for hydroxylation is 2. The largest absolute Gasteiger partial charge is 0.496 e. The van der Waals surface area contributed by atoms with Crippen molar-refractivity contribution in [3.05, 3.63) is 29.5 Å². The minimum Gasteiger partial charge on any atom is -0.496 e. The molecule has 0 bridgehead atoms. The Labute approximate surface area is 94.1 Å². The van der Waals surface area contributed by atoms with Gasteiger partial charge in [-0.25, -0.2) is 0 Å². The van der Waals surface area contributed by atoms with Gasteiger partial charge in [-0.1, -0.05) is 11.6 Å². The van der Waals surface area contributed by atoms with Crippen molar-refractivity contribution in [1.29, 1.82) is 0 Å². The summed E-state index contributed by atoms with van der Waals surface area (Å²) in [6.45, 7) is 3.87. The lowest BCUT2D eigenvalue weighted by Crippen LogP contribution is -1.89. The minimum atomic E-state index is 0.177. The molecular formula is C12H14N2O2. The van der Waals surface area contributed by atoms with Gasteiger partial charge in [0.15, 0.2) is 5.76 Å². The number of nitrogens with zero attached hydrogens (tertiary/aromatic N) is 1. The maximum absolute atomic E-state index is 5.53. The van der Waals surface area contributed by atoms with Crippen molar-refractivity contribution in [1.82, 2.24) is 4.98 Å². The van der Waals surface area contributed by atoms with Crippen molar-refractivity contribution in [2.75, 3.05) is 12.8 Å². The molecular weight excluding hydrogens is 204 g/mol. The van der Waals surface area contributed by atoms with Crippen LogP contribution in [0.4, 0.5) is 6.01 Å². The van der Waals surface area contributed by atoms with Crippen LogP contribution in [0.5, 0.6) is 5.75 Å². The molecule has 0 atom stereocenters. The van der Waals surface area contributed by atoms with Gasteiger partial charge in [0.05, 0.1) is 18.4 Å². The number of nitrogens with two attached hydrogens (primary N) is 1. The third kappa shape index (κ3) is 1.74. The van der Waals surface area contributed by atoms with Crippen molar-refractivity contribution in [2.45, 2.75) is 13.8 Å². The molecule has 0 aliphatic heterocycles. The zero-order valence-corrected chi connectivity index (χ0v) is 9.57. The normalized spacial score (nSPS) is 10.4. The van der Waals surface area contributed by atoms with Crippen LogP contribution in [0.2, 0.25) is 0 Å². The second kappa shape index (κ2) is 3.89. The Hall–Kier alpha value is -1.97. The number of methoxy groups -OCH3 is 1. The summed E-state index contributed by atoms with van der Waals surface area (Å²) in [7, 11) is 1.63. The lowest BCUT2D eigenvalue weighted by molar-refractivity contribution is 0.414. The van der Waals surface area contributed by atoms with Gasteiger partial charge in [-0.05, 0) is 26.0 Å². The van der Waals surface area contributed by atoms with Gasteiger partial charge in [-0.15, -0.1) is 0 Å². The highest BCUT2D eigenvalue weighted by Crippen LogP contribution is 2.33. The second-order valence-electron chi connectivity index (χ2n) is 3.67. The summed E-state index contributed by atoms with van der Waals surface area (Å²) < 4.78 is 10.7. The molecule has 4 heteroatoms. The second-order valence-corrected chi connectivity index (χ2v) is 3.67. The van der Waals surface area contributed by atoms with E-state index in [0.717, 1.165) is 22.6 Å². The first kappa shape index (κ1) is 10.5. The third-order valence-electron chi connectivity index (χ3n) is 2.41. The first-order valence-corrected chi connectivity index (χ1v) is 4.99. The first-order valence-electron chi connectivity index (χ1n) is 4.99. The number of ether oxygens (including phenoxy) is 1. The Morgan fingerprint density at radius 1 is 1.31 bits per heavy atom. The van der Waals surface area contributed by atoms with Crippen molar-refractivity contribution in [2.24, 2.45) is 0 Å². The Morgan fingerprint density at radius 3 is 2.62 bits per heavy atom. The smallest absolute Gasteiger partial charge is 0.292 e. The lowest BCUT2D eigenvalue weighted by atomic mass is 10.1. The van der Waals surface area contributed by atoms with E-state index in [4.69, 9.17) is 14.9 Å². The summed E-state index contributed by atoms with van der Waals surface area (Å²) >= 11 is 0. The fourth-order valence-electron chi connectivity index (χ4n) is 1.67. The van der Waals surface area contributed by atoms with Crippen LogP contribution in [0.15, 0.2) is 22.6 Å². The van der Waals surface area contributed by atoms with Crippen LogP contribution >= 0.6 is 0 Å². The lowest BCUT2D eigenvalue weighted by Gasteiger charge is -2.07. The topological polar surface area (TPSA) is 61.3 Å². The van der Waals surface area contributed by atoms with Crippen LogP contribution in [0, 0.1) is 13.8 Å². The van der Waals surface area contributed by atoms with E-state index in [0.29, 0.717) is 5.76 Å². The van der Waals surface area contributed by atoms with Crippen LogP contribution < -0.4 is 10.5 Å². The van der Waals surface area contributed by atoms with E-state index in [1.165, 1.54) is 0 Å². The standard InChI is InChI=1S/C12H14N2O2/c1-7-4-5-10(15-3)9(6-7)11-8(2)14-12(13)16-11/h4-6H,1-3H3,(H2,13,14). The molecule has 0 aliphatic carbocycles. The predicted molar refractivity (Wildman–Crippen MR) is 62.4 cm³/mol. The summed E-state index contributed by atoms with van der Waals surface area (Å²) in [6, 6.07) is 6.06. The van der Waals surface area contributed by atoms with E-state index in [-0.39, 0.29) is 6.01 Å². The molecule has 2 rings (SSSR count). The van der Waals surface area contributed by atoms with Gasteiger partial charge in [0.2, 0.25) is 0 Å². The van der Waals surface area contributed by atoms with Crippen molar-refractivity contribution in [3.8, 4) is 17.1 Å². The molecule has 2 aromatic rings. The molecule has 0 amide bonds. The maximum Gasteiger partial charge on any atom is 0.292 e. The van der Waals surface area contributed by atoms with E-state index in [2.05, 4.69) is 4.98 Å². The quantitative estimate of drug-likeness (QED) is 0.841. The molecule has 0 aliphatic rings. The zero-order chi connectivity index (χ0) is 11.7. The molecule has 84 valence electrons. The van der Waals surface area contributed by atoms with Gasteiger partial charge < -0.3 is 14.9 Å². The molecule has 0 saturated carbocycles. The van der Waals surface area contributed by atoms with E-state index in [9.17, 15) is 0 Å². The molecule has 16 heavy (non-hydrogen) atoms. The molecule has 0 saturated heterocycles. The van der Waals surface area contributed by atoms with Crippen molar-refractivity contribution >= 4 is 6.01 Å². The van der Waals surface area contributed by atoms with Gasteiger partial charge in [0.1, 0.15) is 5.75 Å². The SMILES string of the molecule is COc1ccc(C)cc1-c1oc(N)nc1C. The van der Waals surface area contributed by atoms with Gasteiger partial charge in [-0.2, -0.15) is 4.98 Å². The van der Waals surface area contributed by atoms with Crippen LogP contribution in [0.25, 0.3) is 11.3 Å². The molecule has 0 unspecified atom stereocenters. The number of anilines is 1. The number of hydrogen-bond donors (Lipinski definition) is 1. The summed E-state index contributed by atoms with van der Waals surface area (Å²) in [5.41, 5.74) is 8.30. The highest BCUT2D eigenvalue weighted by molar-refractivity contribution is 5.69. The first-order chi connectivity index (χ1) is 7.61. The van der Waals surface area contributed by atoms with E-state index in [1.54, 1.807) is 7.11 Å². The van der Waals surface area contributed by atoms with E-state index < -0.39 is 0 Å². The van der Waals surface area contributed by atoms with Gasteiger partial charge in [0.25, 0.3) is 6.01 Å². The van der Waals surface area contributed by atoms with Gasteiger partial charge in [-0.3, -0.25) is 0 Å². The third-order valence-corrected chi connectivity index (χ3v) is 2.41. The van der Waals surface area contributed by atoms with Crippen LogP contribution in [0.1, 0.15) is 11.3 Å². The van der Waals surface area contributed by atoms with Crippen molar-refractivity contribution in [3.63, 3.8) is 0 Å². The summed E-state index contributed by atoms with van der Waals surface area (Å²) in [5.74, 6) is 1.42. The fraction of sp³-hybridized carbons (Fsp3) is 0.250. The molecule has 1 aromatic carbocycles. The summed E-state index contributed by atoms with van der Waals surface area (Å²) in [5, 5.41) is 0. The number of benzene rings is 1. The molecule has 0 radical (unpaired) electrons. The van der Waals surface area contributed by atoms with Crippen molar-refractivity contribution < 1.29 is 9.15 Å². The number of aromatic nitrogens is 1. The van der Waals surface area contributed by atoms with Gasteiger partial charge >= 0.3 is 0 Å². The van der Waals surface area contributed by atoms with Gasteiger partial charge in [0, 0.05) is 0 Å². The molecule has 0 fully saturated rings. The molecule has 4 nitrogen and oxygen atoms in total. The Kier molecular flexibility index (Phi) is 2.56. The van der Waals surface area contributed by atoms with Crippen LogP contribution in [0.3, 0.4) is 0 Å². The molecule has 0 spiro atoms. The van der Waals surface area contributed by atoms with E-state index in [1.807, 2.05) is 32.0 Å². The predicted octanol–water partition coefficient (Wildman–Crippen LogP) is 2.55. The highest BCUT2D eigenvalue weighted by atomic mass is 16.5. The zero-order valence-electron chi connectivity index (χ0n) is 9.57. The molecule has 1 heterocycles. The highest BCUT2D eigenvalue weighted by Gasteiger charge is 2.14. The minimum absolute atomic E-state index is 0.177. The van der Waals surface area contributed by atoms with Crippen LogP contribution in [-0.4, -0.2) is 12.1 Å². The number of nitrogen functional groups attached to an aromatic ring is 1. The molecule has 1 aromatic heterocycles. The van der Waals surface area contributed by atoms with Crippen LogP contribution in [-0.2, 0) is 0 Å². The maximum atomic E-state index is 5.53. The summed E-state index contributed by atoms with van der Waals surface area (Å²) in [4.78, 5) is 4.05. The number of rotatable bonds is 2. The Bertz CT molecular complexity index is 518. The monoisotopic (exact) mass is 218 g/mol. The Morgan fingerprint density at radius 2 is 2.06 bits per heavy atom. The fourth-order valence-corrected chi connectivity index (χ4v) is 1.67. The summed E-state index contributed by atoms with van der Waals surface area (Å²) in [6.07, 6.45) is 0. The number of hydrogen-bond acceptors (Lipinski definition) is 4. The van der Waals surface area contributed by atoms with E-state index >= 15 is 0 Å². The average molecular weight is 218 g/mol. The Balaban J connectivity index is 2.62.